The summed E-state index contributed by atoms with van der Waals surface area (Å²) in [7, 11) is 1.65. The van der Waals surface area contributed by atoms with E-state index < -0.39 is 0 Å². The van der Waals surface area contributed by atoms with Crippen molar-refractivity contribution in [3.63, 3.8) is 0 Å². The van der Waals surface area contributed by atoms with Crippen LogP contribution < -0.4 is 26.6 Å². The second-order valence-electron chi connectivity index (χ2n) is 9.00. The Morgan fingerprint density at radius 2 is 2.03 bits per heavy atom. The maximum atomic E-state index is 13.6. The Morgan fingerprint density at radius 3 is 2.78 bits per heavy atom. The van der Waals surface area contributed by atoms with E-state index in [1.54, 1.807) is 37.5 Å². The van der Waals surface area contributed by atoms with Crippen LogP contribution in [0, 0.1) is 0 Å². The van der Waals surface area contributed by atoms with Crippen LogP contribution in [0.5, 0.6) is 0 Å². The number of carbonyl (C=O) groups excluding carboxylic acids is 1. The molecule has 0 bridgehead atoms. The van der Waals surface area contributed by atoms with Crippen LogP contribution >= 0.6 is 0 Å². The third-order valence-electron chi connectivity index (χ3n) is 6.37. The number of carbonyl (C=O) groups is 1. The molecule has 194 valence electrons. The molecule has 2 aliphatic heterocycles. The molecule has 37 heavy (non-hydrogen) atoms. The van der Waals surface area contributed by atoms with Gasteiger partial charge in [-0.3, -0.25) is 9.79 Å². The predicted molar refractivity (Wildman–Crippen MR) is 143 cm³/mol. The lowest BCUT2D eigenvalue weighted by molar-refractivity contribution is 0.102. The number of amides is 1. The summed E-state index contributed by atoms with van der Waals surface area (Å²) in [6, 6.07) is 7.48. The van der Waals surface area contributed by atoms with Gasteiger partial charge in [-0.1, -0.05) is 6.07 Å². The molecular weight excluding hydrogens is 474 g/mol. The van der Waals surface area contributed by atoms with Crippen molar-refractivity contribution in [2.45, 2.75) is 18.9 Å². The van der Waals surface area contributed by atoms with Crippen molar-refractivity contribution in [2.24, 2.45) is 16.5 Å². The van der Waals surface area contributed by atoms with Crippen LogP contribution in [0.4, 0.5) is 17.7 Å². The van der Waals surface area contributed by atoms with Crippen molar-refractivity contribution in [3.8, 4) is 0 Å². The minimum absolute atomic E-state index is 0.00317. The van der Waals surface area contributed by atoms with Crippen molar-refractivity contribution in [2.75, 3.05) is 61.6 Å². The topological polar surface area (TPSA) is 161 Å². The number of pyridine rings is 2. The maximum Gasteiger partial charge on any atom is 0.300 e. The van der Waals surface area contributed by atoms with Crippen LogP contribution in [-0.2, 0) is 4.74 Å². The monoisotopic (exact) mass is 505 g/mol. The van der Waals surface area contributed by atoms with Crippen molar-refractivity contribution < 1.29 is 13.9 Å². The number of morpholine rings is 1. The van der Waals surface area contributed by atoms with Gasteiger partial charge in [0.1, 0.15) is 11.6 Å². The van der Waals surface area contributed by atoms with Gasteiger partial charge in [0.2, 0.25) is 5.65 Å². The molecule has 1 atom stereocenters. The molecule has 0 spiro atoms. The van der Waals surface area contributed by atoms with E-state index in [-0.39, 0.29) is 11.9 Å². The SMILES string of the molecule is CN=CC(=CN)c1cccc(NC(=O)c2cc3oc(N4CCOCC4)nc3nc2N2CCCC(N)C2)n1. The van der Waals surface area contributed by atoms with Gasteiger partial charge >= 0.3 is 0 Å². The number of rotatable bonds is 6. The van der Waals surface area contributed by atoms with E-state index in [4.69, 9.17) is 25.6 Å². The molecule has 12 heteroatoms. The summed E-state index contributed by atoms with van der Waals surface area (Å²) in [6.07, 6.45) is 4.88. The molecule has 2 aliphatic rings. The first-order chi connectivity index (χ1) is 18.1. The third-order valence-corrected chi connectivity index (χ3v) is 6.37. The Balaban J connectivity index is 1.50. The van der Waals surface area contributed by atoms with Crippen LogP contribution in [-0.4, -0.2) is 79.6 Å². The largest absolute Gasteiger partial charge is 0.422 e. The number of piperidine rings is 1. The van der Waals surface area contributed by atoms with E-state index in [1.165, 1.54) is 6.20 Å². The standard InChI is InChI=1S/C25H31N9O3/c1-28-14-16(13-26)19-5-2-6-21(29-19)30-24(35)18-12-20-22(31-23(18)34-7-3-4-17(27)15-34)32-25(37-20)33-8-10-36-11-9-33/h2,5-6,12-14,17H,3-4,7-11,15,26-27H2,1H3,(H,29,30,35). The number of allylic oxidation sites excluding steroid dienone is 1. The highest BCUT2D eigenvalue weighted by atomic mass is 16.5. The van der Waals surface area contributed by atoms with Gasteiger partial charge in [0.15, 0.2) is 5.58 Å². The lowest BCUT2D eigenvalue weighted by atomic mass is 10.1. The fourth-order valence-electron chi connectivity index (χ4n) is 4.53. The van der Waals surface area contributed by atoms with Crippen molar-refractivity contribution >= 4 is 46.6 Å². The average molecular weight is 506 g/mol. The minimum Gasteiger partial charge on any atom is -0.422 e. The van der Waals surface area contributed by atoms with Gasteiger partial charge in [-0.15, -0.1) is 0 Å². The van der Waals surface area contributed by atoms with E-state index >= 15 is 0 Å². The molecule has 5 heterocycles. The first-order valence-corrected chi connectivity index (χ1v) is 12.3. The zero-order valence-corrected chi connectivity index (χ0v) is 20.8. The smallest absolute Gasteiger partial charge is 0.300 e. The van der Waals surface area contributed by atoms with Gasteiger partial charge in [0.05, 0.1) is 24.5 Å². The molecule has 12 nitrogen and oxygen atoms in total. The number of nitrogens with one attached hydrogen (secondary N) is 1. The first-order valence-electron chi connectivity index (χ1n) is 12.3. The Kier molecular flexibility index (Phi) is 7.28. The number of nitrogens with two attached hydrogens (primary N) is 2. The van der Waals surface area contributed by atoms with E-state index in [9.17, 15) is 4.79 Å². The number of anilines is 3. The Morgan fingerprint density at radius 1 is 1.19 bits per heavy atom. The van der Waals surface area contributed by atoms with Crippen molar-refractivity contribution in [3.05, 3.63) is 41.7 Å². The molecule has 5 rings (SSSR count). The molecule has 0 saturated carbocycles. The van der Waals surface area contributed by atoms with Crippen molar-refractivity contribution in [1.29, 1.82) is 0 Å². The zero-order valence-electron chi connectivity index (χ0n) is 20.8. The summed E-state index contributed by atoms with van der Waals surface area (Å²) < 4.78 is 11.5. The molecule has 0 aromatic carbocycles. The Labute approximate surface area is 214 Å². The maximum absolute atomic E-state index is 13.6. The van der Waals surface area contributed by atoms with Gasteiger partial charge in [-0.25, -0.2) is 9.97 Å². The molecule has 1 unspecified atom stereocenters. The number of aromatic nitrogens is 3. The second-order valence-corrected chi connectivity index (χ2v) is 9.00. The average Bonchev–Trinajstić information content (AvgIpc) is 3.35. The van der Waals surface area contributed by atoms with Gasteiger partial charge in [0, 0.05) is 63.3 Å². The highest BCUT2D eigenvalue weighted by molar-refractivity contribution is 6.10. The molecule has 3 aromatic rings. The zero-order chi connectivity index (χ0) is 25.8. The summed E-state index contributed by atoms with van der Waals surface area (Å²) in [4.78, 5) is 35.6. The summed E-state index contributed by atoms with van der Waals surface area (Å²) in [5.41, 5.74) is 14.5. The molecule has 3 aromatic heterocycles. The van der Waals surface area contributed by atoms with E-state index in [0.717, 1.165) is 19.4 Å². The van der Waals surface area contributed by atoms with Crippen LogP contribution in [0.3, 0.4) is 0 Å². The quantitative estimate of drug-likeness (QED) is 0.420. The highest BCUT2D eigenvalue weighted by Crippen LogP contribution is 2.29. The molecule has 0 radical (unpaired) electrons. The van der Waals surface area contributed by atoms with E-state index in [2.05, 4.69) is 20.3 Å². The molecule has 5 N–H and O–H groups in total. The molecule has 2 fully saturated rings. The van der Waals surface area contributed by atoms with Crippen LogP contribution in [0.25, 0.3) is 16.8 Å². The number of fused-ring (bicyclic) bond motifs is 1. The summed E-state index contributed by atoms with van der Waals surface area (Å²) in [6.45, 7) is 3.91. The molecule has 0 aliphatic carbocycles. The fourth-order valence-corrected chi connectivity index (χ4v) is 4.53. The van der Waals surface area contributed by atoms with E-state index in [1.807, 2.05) is 9.80 Å². The summed E-state index contributed by atoms with van der Waals surface area (Å²) in [5, 5.41) is 2.90. The number of hydrogen-bond acceptors (Lipinski definition) is 11. The number of oxazole rings is 1. The second kappa shape index (κ2) is 10.9. The minimum atomic E-state index is -0.361. The summed E-state index contributed by atoms with van der Waals surface area (Å²) in [5.74, 6) is 0.540. The Hall–Kier alpha value is -4.03. The third kappa shape index (κ3) is 5.39. The number of aliphatic imine (C=N–C) groups is 1. The molecular formula is C25H31N9O3. The van der Waals surface area contributed by atoms with Crippen LogP contribution in [0.15, 0.2) is 39.9 Å². The number of hydrogen-bond donors (Lipinski definition) is 3. The fraction of sp³-hybridized carbons (Fsp3) is 0.400. The predicted octanol–water partition coefficient (Wildman–Crippen LogP) is 1.63. The van der Waals surface area contributed by atoms with Gasteiger partial charge < -0.3 is 35.7 Å². The van der Waals surface area contributed by atoms with Gasteiger partial charge in [-0.2, -0.15) is 4.98 Å². The Bertz CT molecular complexity index is 1330. The lowest BCUT2D eigenvalue weighted by Gasteiger charge is -2.32. The molecule has 2 saturated heterocycles. The number of nitrogens with zero attached hydrogens (tertiary/aromatic N) is 6. The normalized spacial score (nSPS) is 19.1. The van der Waals surface area contributed by atoms with Gasteiger partial charge in [-0.05, 0) is 25.0 Å². The lowest BCUT2D eigenvalue weighted by Crippen LogP contribution is -2.44. The van der Waals surface area contributed by atoms with Crippen LogP contribution in [0.2, 0.25) is 0 Å². The van der Waals surface area contributed by atoms with E-state index in [0.29, 0.717) is 78.6 Å². The first kappa shape index (κ1) is 24.7. The number of ether oxygens (including phenoxy) is 1. The van der Waals surface area contributed by atoms with Crippen LogP contribution in [0.1, 0.15) is 28.9 Å². The van der Waals surface area contributed by atoms with Crippen molar-refractivity contribution in [1.82, 2.24) is 15.0 Å². The molecule has 1 amide bonds. The summed E-state index contributed by atoms with van der Waals surface area (Å²) >= 11 is 0. The van der Waals surface area contributed by atoms with Gasteiger partial charge in [0.25, 0.3) is 11.9 Å². The highest BCUT2D eigenvalue weighted by Gasteiger charge is 2.27.